The van der Waals surface area contributed by atoms with Crippen molar-refractivity contribution in [2.24, 2.45) is 0 Å². The molecule has 0 saturated heterocycles. The molecular weight excluding hydrogens is 176 g/mol. The molecule has 0 spiro atoms. The van der Waals surface area contributed by atoms with Crippen molar-refractivity contribution < 1.29 is 0 Å². The zero-order valence-corrected chi connectivity index (χ0v) is 7.31. The maximum absolute atomic E-state index is 4.22. The molecule has 0 unspecified atom stereocenters. The Morgan fingerprint density at radius 2 is 2.00 bits per heavy atom. The summed E-state index contributed by atoms with van der Waals surface area (Å²) in [4.78, 5) is 8.23. The minimum atomic E-state index is 0.420. The average molecular weight is 182 g/mol. The summed E-state index contributed by atoms with van der Waals surface area (Å²) in [6.07, 6.45) is 5.24. The third kappa shape index (κ3) is 1.57. The molecule has 0 aromatic carbocycles. The van der Waals surface area contributed by atoms with E-state index in [9.17, 15) is 0 Å². The van der Waals surface area contributed by atoms with E-state index in [0.717, 1.165) is 5.69 Å². The van der Waals surface area contributed by atoms with Gasteiger partial charge in [-0.1, -0.05) is 0 Å². The van der Waals surface area contributed by atoms with Crippen LogP contribution < -0.4 is 0 Å². The molecule has 0 saturated carbocycles. The molecule has 0 aliphatic carbocycles. The third-order valence-electron chi connectivity index (χ3n) is 1.28. The van der Waals surface area contributed by atoms with Gasteiger partial charge < -0.3 is 0 Å². The summed E-state index contributed by atoms with van der Waals surface area (Å²) in [6.45, 7) is 0. The molecule has 1 aliphatic heterocycles. The van der Waals surface area contributed by atoms with E-state index in [0.29, 0.717) is 4.58 Å². The molecular formula is C7H6N2S2. The molecule has 2 nitrogen and oxygen atoms in total. The van der Waals surface area contributed by atoms with Crippen LogP contribution in [0.25, 0.3) is 0 Å². The van der Waals surface area contributed by atoms with E-state index in [2.05, 4.69) is 20.8 Å². The Balaban J connectivity index is 2.17. The van der Waals surface area contributed by atoms with Crippen LogP contribution in [-0.2, 0) is 0 Å². The summed E-state index contributed by atoms with van der Waals surface area (Å²) >= 11 is 3.55. The second-order valence-electron chi connectivity index (χ2n) is 2.01. The Kier molecular flexibility index (Phi) is 2.14. The predicted molar refractivity (Wildman–Crippen MR) is 49.1 cm³/mol. The van der Waals surface area contributed by atoms with Crippen LogP contribution in [0.5, 0.6) is 0 Å². The van der Waals surface area contributed by atoms with Gasteiger partial charge in [0.15, 0.2) is 0 Å². The highest BCUT2D eigenvalue weighted by atomic mass is 32.2. The lowest BCUT2D eigenvalue weighted by molar-refractivity contribution is 1.09. The van der Waals surface area contributed by atoms with Crippen molar-refractivity contribution in [1.29, 1.82) is 0 Å². The van der Waals surface area contributed by atoms with Gasteiger partial charge >= 0.3 is 0 Å². The quantitative estimate of drug-likeness (QED) is 0.666. The summed E-state index contributed by atoms with van der Waals surface area (Å²) < 4.78 is 0.420. The number of aromatic nitrogens is 2. The number of nitrogens with zero attached hydrogens (tertiary/aromatic N) is 2. The molecule has 4 heteroatoms. The molecule has 0 radical (unpaired) electrons. The molecule has 2 heterocycles. The number of thioether (sulfide) groups is 2. The van der Waals surface area contributed by atoms with Gasteiger partial charge in [-0.05, 0) is 10.8 Å². The predicted octanol–water partition coefficient (Wildman–Crippen LogP) is 2.43. The molecule has 1 aliphatic rings. The Hall–Kier alpha value is -0.480. The van der Waals surface area contributed by atoms with Crippen molar-refractivity contribution in [2.45, 2.75) is 4.58 Å². The van der Waals surface area contributed by atoms with Crippen LogP contribution in [-0.4, -0.2) is 9.97 Å². The van der Waals surface area contributed by atoms with Crippen LogP contribution in [0.15, 0.2) is 29.4 Å². The van der Waals surface area contributed by atoms with Gasteiger partial charge in [-0.25, -0.2) is 0 Å². The summed E-state index contributed by atoms with van der Waals surface area (Å²) in [7, 11) is 0. The fourth-order valence-corrected chi connectivity index (χ4v) is 2.77. The molecule has 56 valence electrons. The molecule has 11 heavy (non-hydrogen) atoms. The fourth-order valence-electron chi connectivity index (χ4n) is 0.811. The molecule has 2 rings (SSSR count). The Labute approximate surface area is 73.5 Å². The first-order valence-electron chi connectivity index (χ1n) is 3.19. The number of rotatable bonds is 1. The van der Waals surface area contributed by atoms with Gasteiger partial charge in [-0.3, -0.25) is 9.97 Å². The molecule has 1 aromatic heterocycles. The van der Waals surface area contributed by atoms with Crippen molar-refractivity contribution >= 4 is 23.5 Å². The zero-order chi connectivity index (χ0) is 7.52. The summed E-state index contributed by atoms with van der Waals surface area (Å²) in [5.41, 5.74) is 1.05. The lowest BCUT2D eigenvalue weighted by Gasteiger charge is -2.04. The Morgan fingerprint density at radius 3 is 2.64 bits per heavy atom. The van der Waals surface area contributed by atoms with Crippen molar-refractivity contribution in [2.75, 3.05) is 0 Å². The summed E-state index contributed by atoms with van der Waals surface area (Å²) in [5, 5.41) is 4.17. The molecule has 0 bridgehead atoms. The van der Waals surface area contributed by atoms with Crippen LogP contribution in [0.3, 0.4) is 0 Å². The number of hydrogen-bond donors (Lipinski definition) is 0. The van der Waals surface area contributed by atoms with Crippen LogP contribution in [0.1, 0.15) is 10.3 Å². The normalized spacial score (nSPS) is 17.5. The maximum atomic E-state index is 4.22. The van der Waals surface area contributed by atoms with Crippen LogP contribution >= 0.6 is 23.5 Å². The highest BCUT2D eigenvalue weighted by Gasteiger charge is 2.14. The van der Waals surface area contributed by atoms with Crippen LogP contribution in [0.4, 0.5) is 0 Å². The fraction of sp³-hybridized carbons (Fsp3) is 0.143. The van der Waals surface area contributed by atoms with Crippen molar-refractivity contribution in [3.05, 3.63) is 35.1 Å². The van der Waals surface area contributed by atoms with E-state index < -0.39 is 0 Å². The van der Waals surface area contributed by atoms with E-state index in [1.54, 1.807) is 35.9 Å². The third-order valence-corrected chi connectivity index (χ3v) is 3.69. The van der Waals surface area contributed by atoms with Gasteiger partial charge in [0.25, 0.3) is 0 Å². The van der Waals surface area contributed by atoms with Crippen LogP contribution in [0, 0.1) is 0 Å². The van der Waals surface area contributed by atoms with Gasteiger partial charge in [-0.15, -0.1) is 23.5 Å². The number of hydrogen-bond acceptors (Lipinski definition) is 4. The van der Waals surface area contributed by atoms with Gasteiger partial charge in [0.05, 0.1) is 11.9 Å². The van der Waals surface area contributed by atoms with E-state index in [4.69, 9.17) is 0 Å². The lowest BCUT2D eigenvalue weighted by Crippen LogP contribution is -1.89. The zero-order valence-electron chi connectivity index (χ0n) is 5.68. The highest BCUT2D eigenvalue weighted by Crippen LogP contribution is 2.44. The van der Waals surface area contributed by atoms with Crippen molar-refractivity contribution in [1.82, 2.24) is 9.97 Å². The van der Waals surface area contributed by atoms with Crippen molar-refractivity contribution in [3.8, 4) is 0 Å². The molecule has 0 amide bonds. The van der Waals surface area contributed by atoms with Gasteiger partial charge in [-0.2, -0.15) is 0 Å². The highest BCUT2D eigenvalue weighted by molar-refractivity contribution is 8.21. The Morgan fingerprint density at radius 1 is 1.18 bits per heavy atom. The minimum absolute atomic E-state index is 0.420. The van der Waals surface area contributed by atoms with Crippen molar-refractivity contribution in [3.63, 3.8) is 0 Å². The van der Waals surface area contributed by atoms with Crippen LogP contribution in [0.2, 0.25) is 0 Å². The van der Waals surface area contributed by atoms with E-state index in [-0.39, 0.29) is 0 Å². The van der Waals surface area contributed by atoms with E-state index >= 15 is 0 Å². The largest absolute Gasteiger partial charge is 0.261 e. The summed E-state index contributed by atoms with van der Waals surface area (Å²) in [5.74, 6) is 0. The lowest BCUT2D eigenvalue weighted by atomic mass is 10.5. The second kappa shape index (κ2) is 3.28. The molecule has 1 aromatic rings. The molecule has 0 atom stereocenters. The standard InChI is InChI=1S/C7H6N2S2/c1-2-9-6(5-8-1)7-10-3-4-11-7/h1-5,7H. The van der Waals surface area contributed by atoms with Gasteiger partial charge in [0.2, 0.25) is 0 Å². The first-order valence-corrected chi connectivity index (χ1v) is 5.07. The van der Waals surface area contributed by atoms with E-state index in [1.807, 2.05) is 6.20 Å². The second-order valence-corrected chi connectivity index (χ2v) is 4.34. The summed E-state index contributed by atoms with van der Waals surface area (Å²) in [6, 6.07) is 0. The average Bonchev–Trinajstić information content (AvgIpc) is 2.58. The Bertz CT molecular complexity index is 252. The van der Waals surface area contributed by atoms with E-state index in [1.165, 1.54) is 0 Å². The van der Waals surface area contributed by atoms with Gasteiger partial charge in [0, 0.05) is 12.4 Å². The SMILES string of the molecule is C1=CSC(c2cnccn2)S1. The topological polar surface area (TPSA) is 25.8 Å². The molecule has 0 N–H and O–H groups in total. The smallest absolute Gasteiger partial charge is 0.102 e. The maximum Gasteiger partial charge on any atom is 0.102 e. The monoisotopic (exact) mass is 182 g/mol. The molecule has 0 fully saturated rings. The minimum Gasteiger partial charge on any atom is -0.261 e. The van der Waals surface area contributed by atoms with Gasteiger partial charge in [0.1, 0.15) is 4.58 Å². The first-order chi connectivity index (χ1) is 5.47. The first kappa shape index (κ1) is 7.18.